The highest BCUT2D eigenvalue weighted by Gasteiger charge is 2.25. The van der Waals surface area contributed by atoms with Gasteiger partial charge in [0.2, 0.25) is 5.91 Å². The molecule has 1 aliphatic rings. The highest BCUT2D eigenvalue weighted by atomic mass is 16.1. The lowest BCUT2D eigenvalue weighted by Gasteiger charge is -2.32. The van der Waals surface area contributed by atoms with Gasteiger partial charge in [-0.25, -0.2) is 0 Å². The lowest BCUT2D eigenvalue weighted by Crippen LogP contribution is -2.23. The molecule has 2 nitrogen and oxygen atoms in total. The van der Waals surface area contributed by atoms with Crippen molar-refractivity contribution in [1.82, 2.24) is 5.32 Å². The van der Waals surface area contributed by atoms with E-state index in [4.69, 9.17) is 0 Å². The van der Waals surface area contributed by atoms with Crippen LogP contribution in [0.5, 0.6) is 0 Å². The summed E-state index contributed by atoms with van der Waals surface area (Å²) in [5, 5.41) is 2.67. The van der Waals surface area contributed by atoms with Crippen LogP contribution in [0.4, 0.5) is 0 Å². The molecule has 0 aromatic heterocycles. The smallest absolute Gasteiger partial charge is 0.243 e. The summed E-state index contributed by atoms with van der Waals surface area (Å²) in [5.41, 5.74) is 1.35. The van der Waals surface area contributed by atoms with Crippen LogP contribution in [0.3, 0.4) is 0 Å². The van der Waals surface area contributed by atoms with Gasteiger partial charge in [0.05, 0.1) is 0 Å². The lowest BCUT2D eigenvalue weighted by atomic mass is 9.74. The quantitative estimate of drug-likeness (QED) is 0.696. The molecular formula is C13H23NO. The van der Waals surface area contributed by atoms with Gasteiger partial charge >= 0.3 is 0 Å². The first kappa shape index (κ1) is 12.3. The minimum atomic E-state index is 0.0461. The Labute approximate surface area is 93.1 Å². The average molecular weight is 209 g/mol. The van der Waals surface area contributed by atoms with Crippen molar-refractivity contribution in [3.05, 3.63) is 11.6 Å². The molecule has 0 radical (unpaired) electrons. The molecule has 0 aromatic rings. The standard InChI is InChI=1S/C13H23NO/c1-9(2)12-6-5-10(3)7-11(12)8-13(15)14-4/h8-10,12H,5-7H2,1-4H3,(H,14,15). The zero-order chi connectivity index (χ0) is 11.4. The van der Waals surface area contributed by atoms with E-state index in [0.29, 0.717) is 11.8 Å². The molecule has 0 bridgehead atoms. The van der Waals surface area contributed by atoms with Crippen molar-refractivity contribution in [1.29, 1.82) is 0 Å². The monoisotopic (exact) mass is 209 g/mol. The van der Waals surface area contributed by atoms with E-state index >= 15 is 0 Å². The van der Waals surface area contributed by atoms with Crippen LogP contribution in [0.2, 0.25) is 0 Å². The first-order valence-electron chi connectivity index (χ1n) is 5.96. The molecule has 0 aliphatic heterocycles. The van der Waals surface area contributed by atoms with Crippen LogP contribution in [0, 0.1) is 17.8 Å². The topological polar surface area (TPSA) is 29.1 Å². The van der Waals surface area contributed by atoms with Gasteiger partial charge in [-0.15, -0.1) is 0 Å². The molecule has 0 saturated heterocycles. The van der Waals surface area contributed by atoms with E-state index in [1.807, 2.05) is 6.08 Å². The van der Waals surface area contributed by atoms with E-state index in [2.05, 4.69) is 26.1 Å². The van der Waals surface area contributed by atoms with Crippen LogP contribution in [0.25, 0.3) is 0 Å². The number of allylic oxidation sites excluding steroid dienone is 1. The zero-order valence-electron chi connectivity index (χ0n) is 10.3. The molecule has 1 N–H and O–H groups in total. The summed E-state index contributed by atoms with van der Waals surface area (Å²) in [6.45, 7) is 6.77. The number of hydrogen-bond donors (Lipinski definition) is 1. The molecule has 0 aromatic carbocycles. The summed E-state index contributed by atoms with van der Waals surface area (Å²) in [7, 11) is 1.69. The maximum Gasteiger partial charge on any atom is 0.243 e. The van der Waals surface area contributed by atoms with Gasteiger partial charge in [0.25, 0.3) is 0 Å². The van der Waals surface area contributed by atoms with E-state index in [9.17, 15) is 4.79 Å². The van der Waals surface area contributed by atoms with Crippen molar-refractivity contribution in [3.63, 3.8) is 0 Å². The van der Waals surface area contributed by atoms with Gasteiger partial charge in [-0.1, -0.05) is 26.3 Å². The molecule has 15 heavy (non-hydrogen) atoms. The van der Waals surface area contributed by atoms with E-state index in [-0.39, 0.29) is 5.91 Å². The Morgan fingerprint density at radius 3 is 2.67 bits per heavy atom. The normalized spacial score (nSPS) is 29.5. The second kappa shape index (κ2) is 5.34. The molecule has 1 aliphatic carbocycles. The second-order valence-corrected chi connectivity index (χ2v) is 5.07. The molecule has 1 fully saturated rings. The minimum Gasteiger partial charge on any atom is -0.356 e. The highest BCUT2D eigenvalue weighted by Crippen LogP contribution is 2.37. The van der Waals surface area contributed by atoms with Gasteiger partial charge < -0.3 is 5.32 Å². The van der Waals surface area contributed by atoms with Crippen molar-refractivity contribution < 1.29 is 4.79 Å². The predicted molar refractivity (Wildman–Crippen MR) is 63.5 cm³/mol. The van der Waals surface area contributed by atoms with Gasteiger partial charge in [0.15, 0.2) is 0 Å². The second-order valence-electron chi connectivity index (χ2n) is 5.07. The van der Waals surface area contributed by atoms with Gasteiger partial charge in [-0.05, 0) is 37.0 Å². The minimum absolute atomic E-state index is 0.0461. The van der Waals surface area contributed by atoms with Crippen LogP contribution in [-0.2, 0) is 4.79 Å². The van der Waals surface area contributed by atoms with Gasteiger partial charge in [0, 0.05) is 13.1 Å². The molecule has 1 saturated carbocycles. The molecular weight excluding hydrogens is 186 g/mol. The Hall–Kier alpha value is -0.790. The maximum atomic E-state index is 11.4. The third-order valence-electron chi connectivity index (χ3n) is 3.40. The first-order valence-corrected chi connectivity index (χ1v) is 5.96. The molecule has 2 unspecified atom stereocenters. The van der Waals surface area contributed by atoms with Crippen molar-refractivity contribution in [2.24, 2.45) is 17.8 Å². The highest BCUT2D eigenvalue weighted by molar-refractivity contribution is 5.88. The van der Waals surface area contributed by atoms with Crippen molar-refractivity contribution in [3.8, 4) is 0 Å². The lowest BCUT2D eigenvalue weighted by molar-refractivity contribution is -0.116. The van der Waals surface area contributed by atoms with Gasteiger partial charge in [0.1, 0.15) is 0 Å². The van der Waals surface area contributed by atoms with Crippen molar-refractivity contribution in [2.45, 2.75) is 40.0 Å². The molecule has 1 amide bonds. The van der Waals surface area contributed by atoms with Crippen molar-refractivity contribution in [2.75, 3.05) is 7.05 Å². The number of nitrogens with one attached hydrogen (secondary N) is 1. The van der Waals surface area contributed by atoms with Crippen LogP contribution < -0.4 is 5.32 Å². The Bertz CT molecular complexity index is 255. The summed E-state index contributed by atoms with van der Waals surface area (Å²) < 4.78 is 0. The molecule has 0 heterocycles. The van der Waals surface area contributed by atoms with Gasteiger partial charge in [-0.2, -0.15) is 0 Å². The van der Waals surface area contributed by atoms with Gasteiger partial charge in [-0.3, -0.25) is 4.79 Å². The number of carbonyl (C=O) groups excluding carboxylic acids is 1. The van der Waals surface area contributed by atoms with Crippen LogP contribution >= 0.6 is 0 Å². The third kappa shape index (κ3) is 3.37. The molecule has 2 heteroatoms. The molecule has 86 valence electrons. The summed E-state index contributed by atoms with van der Waals surface area (Å²) in [4.78, 5) is 11.4. The number of rotatable bonds is 2. The zero-order valence-corrected chi connectivity index (χ0v) is 10.3. The summed E-state index contributed by atoms with van der Waals surface area (Å²) in [6.07, 6.45) is 5.45. The van der Waals surface area contributed by atoms with Crippen molar-refractivity contribution >= 4 is 5.91 Å². The molecule has 0 spiro atoms. The Kier molecular flexibility index (Phi) is 4.37. The Morgan fingerprint density at radius 2 is 2.13 bits per heavy atom. The fraction of sp³-hybridized carbons (Fsp3) is 0.769. The van der Waals surface area contributed by atoms with Crippen LogP contribution in [0.1, 0.15) is 40.0 Å². The fourth-order valence-corrected chi connectivity index (χ4v) is 2.47. The van der Waals surface area contributed by atoms with E-state index in [1.54, 1.807) is 7.05 Å². The fourth-order valence-electron chi connectivity index (χ4n) is 2.47. The SMILES string of the molecule is CNC(=O)C=C1CC(C)CCC1C(C)C. The summed E-state index contributed by atoms with van der Waals surface area (Å²) in [6, 6.07) is 0. The molecule has 1 rings (SSSR count). The number of carbonyl (C=O) groups is 1. The average Bonchev–Trinajstić information content (AvgIpc) is 2.17. The number of likely N-dealkylation sites (N-methyl/N-ethyl adjacent to an activating group) is 1. The predicted octanol–water partition coefficient (Wildman–Crippen LogP) is 2.75. The maximum absolute atomic E-state index is 11.4. The summed E-state index contributed by atoms with van der Waals surface area (Å²) in [5.74, 6) is 2.03. The van der Waals surface area contributed by atoms with E-state index in [0.717, 1.165) is 12.3 Å². The summed E-state index contributed by atoms with van der Waals surface area (Å²) >= 11 is 0. The number of amides is 1. The van der Waals surface area contributed by atoms with Crippen LogP contribution in [-0.4, -0.2) is 13.0 Å². The first-order chi connectivity index (χ1) is 7.04. The largest absolute Gasteiger partial charge is 0.356 e. The van der Waals surface area contributed by atoms with Crippen LogP contribution in [0.15, 0.2) is 11.6 Å². The van der Waals surface area contributed by atoms with E-state index < -0.39 is 0 Å². The Balaban J connectivity index is 2.78. The third-order valence-corrected chi connectivity index (χ3v) is 3.40. The number of hydrogen-bond acceptors (Lipinski definition) is 1. The van der Waals surface area contributed by atoms with E-state index in [1.165, 1.54) is 18.4 Å². The molecule has 2 atom stereocenters. The Morgan fingerprint density at radius 1 is 1.47 bits per heavy atom.